The van der Waals surface area contributed by atoms with E-state index in [9.17, 15) is 0 Å². The van der Waals surface area contributed by atoms with Crippen LogP contribution in [0.25, 0.3) is 6.15 Å². The number of hydrogen-bond acceptors (Lipinski definition) is 1. The summed E-state index contributed by atoms with van der Waals surface area (Å²) in [4.78, 5) is 21.6. The van der Waals surface area contributed by atoms with Gasteiger partial charge in [0.1, 0.15) is 0 Å². The molecule has 40 valence electrons. The van der Waals surface area contributed by atoms with Gasteiger partial charge in [0.05, 0.1) is 0 Å². The molecule has 5 nitrogen and oxygen atoms in total. The summed E-state index contributed by atoms with van der Waals surface area (Å²) < 4.78 is 8.88. The van der Waals surface area contributed by atoms with Crippen molar-refractivity contribution in [3.8, 4) is 0 Å². The Kier molecular flexibility index (Phi) is 11.7. The standard InChI is InChI=1S/H2N.Na.H3O4P/c;;1-5(2,3)4/h1H2;;(H3,1,2,3,4)/q-1;+1;. The Morgan fingerprint density at radius 2 is 1.14 bits per heavy atom. The minimum Gasteiger partial charge on any atom is -0.693 e. The summed E-state index contributed by atoms with van der Waals surface area (Å²) in [6, 6.07) is 0. The quantitative estimate of drug-likeness (QED) is 0.241. The van der Waals surface area contributed by atoms with Crippen molar-refractivity contribution < 1.29 is 48.8 Å². The smallest absolute Gasteiger partial charge is 0.693 e. The predicted molar refractivity (Wildman–Crippen MR) is 19.5 cm³/mol. The molecule has 0 bridgehead atoms. The number of rotatable bonds is 0. The van der Waals surface area contributed by atoms with Crippen LogP contribution in [-0.4, -0.2) is 14.7 Å². The summed E-state index contributed by atoms with van der Waals surface area (Å²) in [5, 5.41) is 0. The molecule has 0 aromatic heterocycles. The van der Waals surface area contributed by atoms with Gasteiger partial charge >= 0.3 is 37.4 Å². The second-order valence-corrected chi connectivity index (χ2v) is 1.54. The van der Waals surface area contributed by atoms with Gasteiger partial charge in [-0.05, 0) is 0 Å². The van der Waals surface area contributed by atoms with E-state index in [1.807, 2.05) is 0 Å². The summed E-state index contributed by atoms with van der Waals surface area (Å²) >= 11 is 0. The van der Waals surface area contributed by atoms with Gasteiger partial charge in [-0.2, -0.15) is 0 Å². The Morgan fingerprint density at radius 3 is 1.14 bits per heavy atom. The van der Waals surface area contributed by atoms with E-state index in [0.29, 0.717) is 0 Å². The maximum absolute atomic E-state index is 8.88. The monoisotopic (exact) mass is 137 g/mol. The first-order chi connectivity index (χ1) is 2.00. The third-order valence-electron chi connectivity index (χ3n) is 0. The molecular weight excluding hydrogens is 132 g/mol. The third-order valence-corrected chi connectivity index (χ3v) is 0. The largest absolute Gasteiger partial charge is 1.00 e. The molecule has 0 aliphatic rings. The van der Waals surface area contributed by atoms with Crippen LogP contribution in [0.1, 0.15) is 0 Å². The maximum Gasteiger partial charge on any atom is 1.00 e. The number of nitrogens with two attached hydrogens (primary N) is 1. The van der Waals surface area contributed by atoms with E-state index in [-0.39, 0.29) is 35.7 Å². The zero-order valence-electron chi connectivity index (χ0n) is 3.77. The SMILES string of the molecule is O=P(O)(O)O.[NH2-].[Na+]. The molecule has 0 amide bonds. The van der Waals surface area contributed by atoms with Gasteiger partial charge in [-0.1, -0.05) is 0 Å². The molecule has 5 N–H and O–H groups in total. The van der Waals surface area contributed by atoms with Crippen LogP contribution in [0, 0.1) is 0 Å². The molecule has 0 fully saturated rings. The third kappa shape index (κ3) is 159. The second kappa shape index (κ2) is 5.21. The van der Waals surface area contributed by atoms with E-state index in [2.05, 4.69) is 0 Å². The molecule has 0 radical (unpaired) electrons. The molecule has 0 heterocycles. The average Bonchev–Trinajstić information content (AvgIpc) is 0.722. The molecule has 0 saturated carbocycles. The van der Waals surface area contributed by atoms with Gasteiger partial charge < -0.3 is 20.8 Å². The summed E-state index contributed by atoms with van der Waals surface area (Å²) in [6.45, 7) is 0. The van der Waals surface area contributed by atoms with E-state index in [1.54, 1.807) is 0 Å². The van der Waals surface area contributed by atoms with Crippen LogP contribution in [0.3, 0.4) is 0 Å². The van der Waals surface area contributed by atoms with E-state index in [1.165, 1.54) is 0 Å². The molecule has 0 rings (SSSR count). The Labute approximate surface area is 62.9 Å². The minimum atomic E-state index is -4.64. The van der Waals surface area contributed by atoms with Crippen molar-refractivity contribution in [1.82, 2.24) is 0 Å². The predicted octanol–water partition coefficient (Wildman–Crippen LogP) is -3.21. The molecule has 7 heteroatoms. The van der Waals surface area contributed by atoms with Crippen LogP contribution >= 0.6 is 7.82 Å². The van der Waals surface area contributed by atoms with Crippen LogP contribution in [0.15, 0.2) is 0 Å². The molecule has 0 aromatic rings. The maximum atomic E-state index is 8.88. The van der Waals surface area contributed by atoms with Gasteiger partial charge in [0.25, 0.3) is 0 Å². The summed E-state index contributed by atoms with van der Waals surface area (Å²) in [7, 11) is -4.64. The Balaban J connectivity index is -0.0000000800. The van der Waals surface area contributed by atoms with Crippen molar-refractivity contribution in [2.45, 2.75) is 0 Å². The molecular formula is H5NNaO4P. The minimum absolute atomic E-state index is 0. The van der Waals surface area contributed by atoms with Gasteiger partial charge in [0.15, 0.2) is 0 Å². The fraction of sp³-hybridized carbons (Fsp3) is 0. The van der Waals surface area contributed by atoms with Crippen LogP contribution in [0.2, 0.25) is 0 Å². The molecule has 0 aromatic carbocycles. The first-order valence-electron chi connectivity index (χ1n) is 0.783. The first kappa shape index (κ1) is 15.7. The van der Waals surface area contributed by atoms with Gasteiger partial charge in [-0.3, -0.25) is 0 Å². The average molecular weight is 137 g/mol. The Morgan fingerprint density at radius 1 is 1.14 bits per heavy atom. The Bertz CT molecular complexity index is 57.8. The van der Waals surface area contributed by atoms with Crippen molar-refractivity contribution in [3.63, 3.8) is 0 Å². The molecule has 0 aliphatic heterocycles. The van der Waals surface area contributed by atoms with Crippen molar-refractivity contribution in [2.24, 2.45) is 0 Å². The summed E-state index contributed by atoms with van der Waals surface area (Å²) in [5.41, 5.74) is 0. The molecule has 0 unspecified atom stereocenters. The van der Waals surface area contributed by atoms with Crippen molar-refractivity contribution in [2.75, 3.05) is 0 Å². The molecule has 0 spiro atoms. The number of hydrogen-bond donors (Lipinski definition) is 3. The zero-order chi connectivity index (χ0) is 4.50. The second-order valence-electron chi connectivity index (χ2n) is 0.513. The van der Waals surface area contributed by atoms with E-state index in [0.717, 1.165) is 0 Å². The topological polar surface area (TPSA) is 111 Å². The fourth-order valence-corrected chi connectivity index (χ4v) is 0. The van der Waals surface area contributed by atoms with Gasteiger partial charge in [-0.25, -0.2) is 4.57 Å². The van der Waals surface area contributed by atoms with Crippen molar-refractivity contribution in [3.05, 3.63) is 6.15 Å². The molecule has 0 aliphatic carbocycles. The van der Waals surface area contributed by atoms with Gasteiger partial charge in [0, 0.05) is 0 Å². The fourth-order valence-electron chi connectivity index (χ4n) is 0. The molecule has 0 atom stereocenters. The van der Waals surface area contributed by atoms with E-state index >= 15 is 0 Å². The first-order valence-corrected chi connectivity index (χ1v) is 2.35. The molecule has 0 saturated heterocycles. The van der Waals surface area contributed by atoms with Gasteiger partial charge in [0.2, 0.25) is 0 Å². The van der Waals surface area contributed by atoms with Crippen LogP contribution in [0.4, 0.5) is 0 Å². The molecule has 7 heavy (non-hydrogen) atoms. The Hall–Kier alpha value is 1.07. The van der Waals surface area contributed by atoms with Gasteiger partial charge in [-0.15, -0.1) is 0 Å². The van der Waals surface area contributed by atoms with Crippen LogP contribution in [0.5, 0.6) is 0 Å². The summed E-state index contributed by atoms with van der Waals surface area (Å²) in [6.07, 6.45) is 0. The van der Waals surface area contributed by atoms with E-state index in [4.69, 9.17) is 19.2 Å². The van der Waals surface area contributed by atoms with Crippen LogP contribution in [-0.2, 0) is 4.57 Å². The van der Waals surface area contributed by atoms with Crippen molar-refractivity contribution in [1.29, 1.82) is 0 Å². The summed E-state index contributed by atoms with van der Waals surface area (Å²) in [5.74, 6) is 0. The van der Waals surface area contributed by atoms with E-state index < -0.39 is 7.82 Å². The van der Waals surface area contributed by atoms with Crippen molar-refractivity contribution >= 4 is 7.82 Å². The number of phosphoric acid groups is 1. The normalized spacial score (nSPS) is 8.43. The zero-order valence-corrected chi connectivity index (χ0v) is 6.67. The van der Waals surface area contributed by atoms with Crippen LogP contribution < -0.4 is 29.6 Å².